The fourth-order valence-electron chi connectivity index (χ4n) is 2.13. The molecule has 1 fully saturated rings. The fraction of sp³-hybridized carbons (Fsp3) is 0.462. The van der Waals surface area contributed by atoms with E-state index in [2.05, 4.69) is 20.4 Å². The molecule has 100 valence electrons. The van der Waals surface area contributed by atoms with Gasteiger partial charge in [-0.05, 0) is 25.3 Å². The maximum atomic E-state index is 5.57. The average molecular weight is 259 g/mol. The number of nitrogens with one attached hydrogen (secondary N) is 1. The molecule has 0 amide bonds. The van der Waals surface area contributed by atoms with Crippen molar-refractivity contribution in [3.05, 3.63) is 30.4 Å². The lowest BCUT2D eigenvalue weighted by molar-refractivity contribution is 0.120. The Kier molecular flexibility index (Phi) is 3.41. The summed E-state index contributed by atoms with van der Waals surface area (Å²) in [7, 11) is 0. The van der Waals surface area contributed by atoms with E-state index in [9.17, 15) is 0 Å². The molecule has 3 rings (SSSR count). The first-order chi connectivity index (χ1) is 9.31. The van der Waals surface area contributed by atoms with Crippen LogP contribution in [0.4, 0.5) is 5.82 Å². The number of hydrogen-bond donors (Lipinski definition) is 1. The molecule has 0 radical (unpaired) electrons. The minimum Gasteiger partial charge on any atom is -0.376 e. The van der Waals surface area contributed by atoms with E-state index < -0.39 is 0 Å². The van der Waals surface area contributed by atoms with Crippen LogP contribution in [0.3, 0.4) is 0 Å². The van der Waals surface area contributed by atoms with Crippen molar-refractivity contribution in [3.8, 4) is 5.82 Å². The van der Waals surface area contributed by atoms with E-state index in [4.69, 9.17) is 4.74 Å². The summed E-state index contributed by atoms with van der Waals surface area (Å²) in [4.78, 5) is 8.43. The van der Waals surface area contributed by atoms with Gasteiger partial charge in [-0.1, -0.05) is 0 Å². The smallest absolute Gasteiger partial charge is 0.158 e. The Morgan fingerprint density at radius 3 is 3.16 bits per heavy atom. The quantitative estimate of drug-likeness (QED) is 0.902. The molecule has 19 heavy (non-hydrogen) atoms. The van der Waals surface area contributed by atoms with Gasteiger partial charge in [-0.2, -0.15) is 5.10 Å². The molecule has 1 saturated heterocycles. The molecule has 2 aromatic rings. The van der Waals surface area contributed by atoms with Crippen LogP contribution < -0.4 is 5.32 Å². The molecule has 3 heterocycles. The fourth-order valence-corrected chi connectivity index (χ4v) is 2.13. The molecule has 1 aliphatic heterocycles. The monoisotopic (exact) mass is 259 g/mol. The van der Waals surface area contributed by atoms with Gasteiger partial charge in [-0.15, -0.1) is 0 Å². The van der Waals surface area contributed by atoms with Gasteiger partial charge in [0.15, 0.2) is 5.82 Å². The predicted molar refractivity (Wildman–Crippen MR) is 71.4 cm³/mol. The van der Waals surface area contributed by atoms with Crippen molar-refractivity contribution in [2.24, 2.45) is 0 Å². The van der Waals surface area contributed by atoms with E-state index in [-0.39, 0.29) is 0 Å². The third-order valence-electron chi connectivity index (χ3n) is 3.13. The lowest BCUT2D eigenvalue weighted by Crippen LogP contribution is -2.19. The molecule has 1 unspecified atom stereocenters. The number of anilines is 1. The normalized spacial score (nSPS) is 18.7. The second-order valence-corrected chi connectivity index (χ2v) is 4.74. The third kappa shape index (κ3) is 2.90. The molecular formula is C13H17N5O. The minimum atomic E-state index is 0.297. The second kappa shape index (κ2) is 5.36. The highest BCUT2D eigenvalue weighted by molar-refractivity contribution is 5.40. The Morgan fingerprint density at radius 2 is 2.42 bits per heavy atom. The van der Waals surface area contributed by atoms with Gasteiger partial charge < -0.3 is 10.1 Å². The van der Waals surface area contributed by atoms with Crippen LogP contribution in [0.25, 0.3) is 5.82 Å². The predicted octanol–water partition coefficient (Wildman–Crippen LogP) is 1.56. The summed E-state index contributed by atoms with van der Waals surface area (Å²) >= 11 is 0. The van der Waals surface area contributed by atoms with E-state index in [0.717, 1.165) is 43.2 Å². The Balaban J connectivity index is 1.69. The van der Waals surface area contributed by atoms with Gasteiger partial charge in [0.25, 0.3) is 0 Å². The van der Waals surface area contributed by atoms with Crippen LogP contribution in [0, 0.1) is 6.92 Å². The number of aryl methyl sites for hydroxylation is 1. The molecule has 0 saturated carbocycles. The van der Waals surface area contributed by atoms with Gasteiger partial charge in [-0.3, -0.25) is 0 Å². The summed E-state index contributed by atoms with van der Waals surface area (Å²) in [5.41, 5.74) is 1.10. The van der Waals surface area contributed by atoms with Crippen molar-refractivity contribution in [2.45, 2.75) is 25.9 Å². The Bertz CT molecular complexity index is 547. The molecule has 6 nitrogen and oxygen atoms in total. The Hall–Kier alpha value is -1.95. The highest BCUT2D eigenvalue weighted by atomic mass is 16.5. The molecular weight excluding hydrogens is 242 g/mol. The van der Waals surface area contributed by atoms with Crippen LogP contribution in [-0.2, 0) is 4.74 Å². The van der Waals surface area contributed by atoms with Gasteiger partial charge in [-0.25, -0.2) is 14.6 Å². The molecule has 0 bridgehead atoms. The topological polar surface area (TPSA) is 64.9 Å². The van der Waals surface area contributed by atoms with Crippen LogP contribution in [-0.4, -0.2) is 39.0 Å². The number of aromatic nitrogens is 4. The second-order valence-electron chi connectivity index (χ2n) is 4.74. The molecule has 1 aliphatic rings. The van der Waals surface area contributed by atoms with Gasteiger partial charge in [0.05, 0.1) is 12.3 Å². The van der Waals surface area contributed by atoms with Crippen molar-refractivity contribution in [1.29, 1.82) is 0 Å². The van der Waals surface area contributed by atoms with Crippen molar-refractivity contribution in [1.82, 2.24) is 19.7 Å². The minimum absolute atomic E-state index is 0.297. The van der Waals surface area contributed by atoms with Gasteiger partial charge in [0.1, 0.15) is 12.1 Å². The zero-order chi connectivity index (χ0) is 13.1. The van der Waals surface area contributed by atoms with Crippen LogP contribution in [0.5, 0.6) is 0 Å². The standard InChI is InChI=1S/C13H17N5O/c1-10-6-17-18(8-10)13-5-12(15-9-16-13)14-7-11-3-2-4-19-11/h5-6,8-9,11H,2-4,7H2,1H3,(H,14,15,16). The number of ether oxygens (including phenoxy) is 1. The summed E-state index contributed by atoms with van der Waals surface area (Å²) in [6.07, 6.45) is 7.85. The summed E-state index contributed by atoms with van der Waals surface area (Å²) in [5.74, 6) is 1.56. The SMILES string of the molecule is Cc1cnn(-c2cc(NCC3CCCO3)ncn2)c1. The van der Waals surface area contributed by atoms with Gasteiger partial charge in [0, 0.05) is 25.4 Å². The number of nitrogens with zero attached hydrogens (tertiary/aromatic N) is 4. The van der Waals surface area contributed by atoms with Crippen molar-refractivity contribution < 1.29 is 4.74 Å². The summed E-state index contributed by atoms with van der Waals surface area (Å²) in [6, 6.07) is 1.89. The van der Waals surface area contributed by atoms with E-state index in [1.807, 2.05) is 25.4 Å². The van der Waals surface area contributed by atoms with Crippen LogP contribution in [0.1, 0.15) is 18.4 Å². The summed E-state index contributed by atoms with van der Waals surface area (Å²) in [5, 5.41) is 7.52. The van der Waals surface area contributed by atoms with Crippen LogP contribution >= 0.6 is 0 Å². The van der Waals surface area contributed by atoms with E-state index in [0.29, 0.717) is 6.10 Å². The highest BCUT2D eigenvalue weighted by Gasteiger charge is 2.15. The first-order valence-electron chi connectivity index (χ1n) is 6.50. The molecule has 1 N–H and O–H groups in total. The maximum Gasteiger partial charge on any atom is 0.158 e. The zero-order valence-corrected chi connectivity index (χ0v) is 10.9. The molecule has 0 aromatic carbocycles. The summed E-state index contributed by atoms with van der Waals surface area (Å²) < 4.78 is 7.31. The third-order valence-corrected chi connectivity index (χ3v) is 3.13. The van der Waals surface area contributed by atoms with Crippen LogP contribution in [0.15, 0.2) is 24.8 Å². The number of hydrogen-bond acceptors (Lipinski definition) is 5. The van der Waals surface area contributed by atoms with Gasteiger partial charge >= 0.3 is 0 Å². The first-order valence-corrected chi connectivity index (χ1v) is 6.50. The van der Waals surface area contributed by atoms with E-state index >= 15 is 0 Å². The zero-order valence-electron chi connectivity index (χ0n) is 10.9. The molecule has 2 aromatic heterocycles. The van der Waals surface area contributed by atoms with Crippen molar-refractivity contribution in [2.75, 3.05) is 18.5 Å². The Morgan fingerprint density at radius 1 is 1.47 bits per heavy atom. The molecule has 0 aliphatic carbocycles. The highest BCUT2D eigenvalue weighted by Crippen LogP contribution is 2.14. The number of rotatable bonds is 4. The van der Waals surface area contributed by atoms with Crippen LogP contribution in [0.2, 0.25) is 0 Å². The molecule has 0 spiro atoms. The van der Waals surface area contributed by atoms with E-state index in [1.54, 1.807) is 11.0 Å². The van der Waals surface area contributed by atoms with Crippen molar-refractivity contribution in [3.63, 3.8) is 0 Å². The van der Waals surface area contributed by atoms with Gasteiger partial charge in [0.2, 0.25) is 0 Å². The van der Waals surface area contributed by atoms with E-state index in [1.165, 1.54) is 0 Å². The van der Waals surface area contributed by atoms with Crippen molar-refractivity contribution >= 4 is 5.82 Å². The first kappa shape index (κ1) is 12.1. The molecule has 6 heteroatoms. The summed E-state index contributed by atoms with van der Waals surface area (Å²) in [6.45, 7) is 3.66. The maximum absolute atomic E-state index is 5.57. The lowest BCUT2D eigenvalue weighted by atomic mass is 10.2. The average Bonchev–Trinajstić information content (AvgIpc) is 3.08. The largest absolute Gasteiger partial charge is 0.376 e. The Labute approximate surface area is 111 Å². The molecule has 1 atom stereocenters. The lowest BCUT2D eigenvalue weighted by Gasteiger charge is -2.11.